The van der Waals surface area contributed by atoms with E-state index in [1.807, 2.05) is 13.0 Å². The van der Waals surface area contributed by atoms with Crippen molar-refractivity contribution in [2.45, 2.75) is 31.6 Å². The number of anilines is 3. The van der Waals surface area contributed by atoms with Gasteiger partial charge in [0.15, 0.2) is 0 Å². The van der Waals surface area contributed by atoms with E-state index >= 15 is 8.78 Å². The Labute approximate surface area is 259 Å². The van der Waals surface area contributed by atoms with Crippen molar-refractivity contribution in [1.82, 2.24) is 19.6 Å². The maximum absolute atomic E-state index is 15.2. The number of piperidine rings is 1. The second-order valence-corrected chi connectivity index (χ2v) is 13.8. The number of benzene rings is 1. The van der Waals surface area contributed by atoms with Crippen molar-refractivity contribution in [3.05, 3.63) is 60.6 Å². The summed E-state index contributed by atoms with van der Waals surface area (Å²) in [4.78, 5) is 10.8. The molecule has 0 aliphatic carbocycles. The molecule has 1 aromatic carbocycles. The van der Waals surface area contributed by atoms with Crippen molar-refractivity contribution in [2.24, 2.45) is 11.7 Å². The van der Waals surface area contributed by atoms with Gasteiger partial charge in [-0.1, -0.05) is 6.92 Å². The van der Waals surface area contributed by atoms with E-state index in [4.69, 9.17) is 19.9 Å². The van der Waals surface area contributed by atoms with Crippen LogP contribution >= 0.6 is 0 Å². The lowest BCUT2D eigenvalue weighted by Gasteiger charge is -2.42. The number of ether oxygens (including phenoxy) is 3. The zero-order valence-electron chi connectivity index (χ0n) is 24.9. The van der Waals surface area contributed by atoms with Gasteiger partial charge in [0.25, 0.3) is 0 Å². The molecule has 12 nitrogen and oxygen atoms in total. The summed E-state index contributed by atoms with van der Waals surface area (Å²) in [6.07, 6.45) is 6.22. The highest BCUT2D eigenvalue weighted by Gasteiger charge is 2.34. The number of sulfone groups is 1. The standard InChI is InChI=1S/C30H35F2N7O5S/c1-18-15-38(16-24(33)29(18)43-9-10-45(2,40)41)27-5-7-34-14-26(27)36-30-35-13-19-3-4-25(37-39(19)30)28-22(31)11-21(12-23(28)32)44-20-6-8-42-17-20/h3-5,7,11-14,18,20,24,29H,6,8-10,15-17,33H2,1-2H3,(H,35,36)/t18-,20?,24+,29-/m0/s1. The molecule has 5 heterocycles. The third-order valence-electron chi connectivity index (χ3n) is 7.92. The average Bonchev–Trinajstić information content (AvgIpc) is 3.64. The molecule has 45 heavy (non-hydrogen) atoms. The van der Waals surface area contributed by atoms with E-state index in [-0.39, 0.29) is 53.5 Å². The van der Waals surface area contributed by atoms with Crippen molar-refractivity contribution in [3.63, 3.8) is 0 Å². The summed E-state index contributed by atoms with van der Waals surface area (Å²) >= 11 is 0. The Hall–Kier alpha value is -3.92. The zero-order valence-corrected chi connectivity index (χ0v) is 25.7. The van der Waals surface area contributed by atoms with E-state index in [1.54, 1.807) is 24.7 Å². The molecule has 2 aliphatic heterocycles. The first-order chi connectivity index (χ1) is 21.6. The number of nitrogens with two attached hydrogens (primary N) is 1. The highest BCUT2D eigenvalue weighted by Crippen LogP contribution is 2.33. The van der Waals surface area contributed by atoms with Crippen molar-refractivity contribution in [3.8, 4) is 17.0 Å². The topological polar surface area (TPSA) is 146 Å². The maximum atomic E-state index is 15.2. The first-order valence-corrected chi connectivity index (χ1v) is 16.7. The summed E-state index contributed by atoms with van der Waals surface area (Å²) < 4.78 is 71.8. The van der Waals surface area contributed by atoms with Crippen LogP contribution in [0.3, 0.4) is 0 Å². The van der Waals surface area contributed by atoms with Crippen LogP contribution in [0.4, 0.5) is 26.1 Å². The van der Waals surface area contributed by atoms with Gasteiger partial charge in [-0.3, -0.25) is 4.98 Å². The molecule has 2 saturated heterocycles. The van der Waals surface area contributed by atoms with Crippen molar-refractivity contribution in [2.75, 3.05) is 55.1 Å². The number of hydrogen-bond donors (Lipinski definition) is 2. The largest absolute Gasteiger partial charge is 0.488 e. The van der Waals surface area contributed by atoms with Crippen molar-refractivity contribution >= 4 is 32.7 Å². The third-order valence-corrected chi connectivity index (χ3v) is 8.83. The number of halogens is 2. The molecule has 2 fully saturated rings. The number of pyridine rings is 1. The van der Waals surface area contributed by atoms with Crippen LogP contribution in [0, 0.1) is 17.6 Å². The van der Waals surface area contributed by atoms with E-state index in [2.05, 4.69) is 25.3 Å². The fraction of sp³-hybridized carbons (Fsp3) is 0.433. The summed E-state index contributed by atoms with van der Waals surface area (Å²) in [5.41, 5.74) is 8.35. The molecule has 0 spiro atoms. The van der Waals surface area contributed by atoms with Crippen LogP contribution in [-0.2, 0) is 19.3 Å². The number of nitrogens with one attached hydrogen (secondary N) is 1. The molecule has 240 valence electrons. The molecule has 2 aliphatic rings. The van der Waals surface area contributed by atoms with Crippen LogP contribution < -0.4 is 20.7 Å². The molecule has 0 amide bonds. The van der Waals surface area contributed by atoms with Crippen LogP contribution in [0.5, 0.6) is 5.75 Å². The number of rotatable bonds is 10. The van der Waals surface area contributed by atoms with Crippen LogP contribution in [0.2, 0.25) is 0 Å². The predicted octanol–water partition coefficient (Wildman–Crippen LogP) is 3.19. The van der Waals surface area contributed by atoms with Crippen LogP contribution in [0.15, 0.2) is 48.9 Å². The second kappa shape index (κ2) is 12.8. The summed E-state index contributed by atoms with van der Waals surface area (Å²) in [5, 5.41) is 7.78. The molecular weight excluding hydrogens is 608 g/mol. The van der Waals surface area contributed by atoms with E-state index in [1.165, 1.54) is 16.8 Å². The van der Waals surface area contributed by atoms with E-state index in [0.29, 0.717) is 49.9 Å². The summed E-state index contributed by atoms with van der Waals surface area (Å²) in [6, 6.07) is 7.02. The van der Waals surface area contributed by atoms with Gasteiger partial charge < -0.3 is 30.2 Å². The molecule has 0 saturated carbocycles. The maximum Gasteiger partial charge on any atom is 0.229 e. The number of nitrogens with zero attached hydrogens (tertiary/aromatic N) is 5. The van der Waals surface area contributed by atoms with Gasteiger partial charge >= 0.3 is 0 Å². The Bertz CT molecular complexity index is 1750. The molecule has 6 rings (SSSR count). The molecule has 4 aromatic rings. The summed E-state index contributed by atoms with van der Waals surface area (Å²) in [7, 11) is -3.14. The predicted molar refractivity (Wildman–Crippen MR) is 165 cm³/mol. The second-order valence-electron chi connectivity index (χ2n) is 11.5. The molecule has 3 aromatic heterocycles. The van der Waals surface area contributed by atoms with Gasteiger partial charge in [0.05, 0.1) is 72.2 Å². The molecular formula is C30H35F2N7O5S. The van der Waals surface area contributed by atoms with Crippen LogP contribution in [-0.4, -0.2) is 91.2 Å². The highest BCUT2D eigenvalue weighted by molar-refractivity contribution is 7.90. The SMILES string of the molecule is C[C@H]1CN(c2ccncc2Nc2ncc3ccc(-c4c(F)cc(OC5CCOC5)cc4F)nn23)C[C@@H](N)[C@H]1OCCS(C)(=O)=O. The van der Waals surface area contributed by atoms with E-state index in [9.17, 15) is 8.42 Å². The van der Waals surface area contributed by atoms with Gasteiger partial charge in [-0.15, -0.1) is 0 Å². The highest BCUT2D eigenvalue weighted by atomic mass is 32.2. The first-order valence-electron chi connectivity index (χ1n) is 14.6. The Balaban J connectivity index is 1.22. The number of fused-ring (bicyclic) bond motifs is 1. The fourth-order valence-electron chi connectivity index (χ4n) is 5.77. The average molecular weight is 644 g/mol. The minimum Gasteiger partial charge on any atom is -0.488 e. The molecule has 0 radical (unpaired) electrons. The Morgan fingerprint density at radius 1 is 1.16 bits per heavy atom. The molecule has 1 unspecified atom stereocenters. The van der Waals surface area contributed by atoms with Gasteiger partial charge in [0, 0.05) is 56.1 Å². The minimum atomic E-state index is -3.14. The van der Waals surface area contributed by atoms with E-state index < -0.39 is 21.5 Å². The van der Waals surface area contributed by atoms with Crippen molar-refractivity contribution in [1.29, 1.82) is 0 Å². The van der Waals surface area contributed by atoms with E-state index in [0.717, 1.165) is 17.8 Å². The number of hydrogen-bond acceptors (Lipinski definition) is 11. The normalized spacial score (nSPS) is 22.2. The fourth-order valence-corrected chi connectivity index (χ4v) is 6.17. The Kier molecular flexibility index (Phi) is 8.86. The lowest BCUT2D eigenvalue weighted by atomic mass is 9.92. The van der Waals surface area contributed by atoms with Gasteiger partial charge in [-0.05, 0) is 18.2 Å². The third kappa shape index (κ3) is 7.01. The van der Waals surface area contributed by atoms with Gasteiger partial charge in [0.1, 0.15) is 33.3 Å². The monoisotopic (exact) mass is 643 g/mol. The minimum absolute atomic E-state index is 0.0129. The van der Waals surface area contributed by atoms with Crippen LogP contribution in [0.25, 0.3) is 16.8 Å². The smallest absolute Gasteiger partial charge is 0.229 e. The molecule has 15 heteroatoms. The summed E-state index contributed by atoms with van der Waals surface area (Å²) in [6.45, 7) is 4.10. The molecule has 4 atom stereocenters. The van der Waals surface area contributed by atoms with Crippen LogP contribution in [0.1, 0.15) is 13.3 Å². The number of aromatic nitrogens is 4. The molecule has 3 N–H and O–H groups in total. The summed E-state index contributed by atoms with van der Waals surface area (Å²) in [5.74, 6) is -1.23. The molecule has 0 bridgehead atoms. The van der Waals surface area contributed by atoms with Crippen molar-refractivity contribution < 1.29 is 31.4 Å². The lowest BCUT2D eigenvalue weighted by molar-refractivity contribution is 0.00183. The Morgan fingerprint density at radius 2 is 1.96 bits per heavy atom. The van der Waals surface area contributed by atoms with Gasteiger partial charge in [-0.25, -0.2) is 22.2 Å². The first kappa shape index (κ1) is 31.1. The lowest BCUT2D eigenvalue weighted by Crippen LogP contribution is -2.57. The van der Waals surface area contributed by atoms with Gasteiger partial charge in [0.2, 0.25) is 5.95 Å². The Morgan fingerprint density at radius 3 is 2.67 bits per heavy atom. The quantitative estimate of drug-likeness (QED) is 0.263. The van der Waals surface area contributed by atoms with Gasteiger partial charge in [-0.2, -0.15) is 9.61 Å². The number of imidazole rings is 1. The zero-order chi connectivity index (χ0) is 31.7.